The van der Waals surface area contributed by atoms with Gasteiger partial charge in [0.05, 0.1) is 28.7 Å². The number of rotatable bonds is 5. The molecule has 2 aliphatic heterocycles. The van der Waals surface area contributed by atoms with Gasteiger partial charge in [-0.3, -0.25) is 4.79 Å². The van der Waals surface area contributed by atoms with E-state index in [1.807, 2.05) is 13.8 Å². The van der Waals surface area contributed by atoms with Gasteiger partial charge in [0.25, 0.3) is 0 Å². The minimum atomic E-state index is -0.697. The van der Waals surface area contributed by atoms with E-state index in [9.17, 15) is 4.79 Å². The number of fused-ring (bicyclic) bond motifs is 2. The molecule has 2 saturated heterocycles. The fourth-order valence-corrected chi connectivity index (χ4v) is 3.51. The maximum Gasteiger partial charge on any atom is 0.233 e. The second-order valence-electron chi connectivity index (χ2n) is 5.34. The van der Waals surface area contributed by atoms with Crippen LogP contribution in [0, 0.1) is 5.41 Å². The molecule has 18 heavy (non-hydrogen) atoms. The van der Waals surface area contributed by atoms with E-state index in [4.69, 9.17) is 22.7 Å². The number of nitrogens with two attached hydrogens (primary N) is 1. The molecular weight excluding hydrogens is 248 g/mol. The van der Waals surface area contributed by atoms with Crippen LogP contribution in [0.5, 0.6) is 0 Å². The number of amides is 1. The number of ether oxygens (including phenoxy) is 1. The first-order chi connectivity index (χ1) is 8.53. The summed E-state index contributed by atoms with van der Waals surface area (Å²) in [5, 5.41) is 3.10. The van der Waals surface area contributed by atoms with Crippen molar-refractivity contribution in [2.75, 3.05) is 0 Å². The van der Waals surface area contributed by atoms with Gasteiger partial charge in [0.15, 0.2) is 0 Å². The predicted molar refractivity (Wildman–Crippen MR) is 74.2 cm³/mol. The lowest BCUT2D eigenvalue weighted by atomic mass is 9.80. The monoisotopic (exact) mass is 270 g/mol. The minimum absolute atomic E-state index is 0.0267. The summed E-state index contributed by atoms with van der Waals surface area (Å²) in [6.45, 7) is 3.92. The van der Waals surface area contributed by atoms with Gasteiger partial charge in [-0.2, -0.15) is 0 Å². The Morgan fingerprint density at radius 2 is 2.11 bits per heavy atom. The Labute approximate surface area is 114 Å². The number of carbonyl (C=O) groups is 1. The van der Waals surface area contributed by atoms with Crippen LogP contribution in [0.4, 0.5) is 0 Å². The maximum absolute atomic E-state index is 12.5. The molecule has 1 amide bonds. The summed E-state index contributed by atoms with van der Waals surface area (Å²) in [6.07, 6.45) is 4.92. The van der Waals surface area contributed by atoms with Crippen LogP contribution < -0.4 is 11.1 Å². The third kappa shape index (κ3) is 2.14. The third-order valence-electron chi connectivity index (χ3n) is 4.54. The van der Waals surface area contributed by atoms with Gasteiger partial charge >= 0.3 is 0 Å². The van der Waals surface area contributed by atoms with Crippen LogP contribution in [-0.4, -0.2) is 29.1 Å². The molecule has 2 fully saturated rings. The highest BCUT2D eigenvalue weighted by Crippen LogP contribution is 2.35. The van der Waals surface area contributed by atoms with Crippen LogP contribution in [0.15, 0.2) is 0 Å². The lowest BCUT2D eigenvalue weighted by Crippen LogP contribution is -2.53. The molecule has 102 valence electrons. The zero-order valence-corrected chi connectivity index (χ0v) is 11.9. The molecule has 0 aliphatic carbocycles. The molecule has 0 aromatic carbocycles. The van der Waals surface area contributed by atoms with E-state index in [1.165, 1.54) is 0 Å². The van der Waals surface area contributed by atoms with E-state index in [0.29, 0.717) is 23.9 Å². The Balaban J connectivity index is 2.04. The van der Waals surface area contributed by atoms with Gasteiger partial charge in [-0.1, -0.05) is 26.1 Å². The zero-order valence-electron chi connectivity index (χ0n) is 11.1. The topological polar surface area (TPSA) is 64.3 Å². The van der Waals surface area contributed by atoms with Gasteiger partial charge in [-0.15, -0.1) is 0 Å². The molecule has 5 heteroatoms. The van der Waals surface area contributed by atoms with Crippen molar-refractivity contribution in [1.82, 2.24) is 5.32 Å². The highest BCUT2D eigenvalue weighted by Gasteiger charge is 2.45. The first kappa shape index (κ1) is 13.7. The minimum Gasteiger partial charge on any atom is -0.392 e. The summed E-state index contributed by atoms with van der Waals surface area (Å²) in [5.41, 5.74) is 5.09. The Hall–Kier alpha value is -0.680. The number of hydrogen-bond donors (Lipinski definition) is 2. The lowest BCUT2D eigenvalue weighted by Gasteiger charge is -2.31. The standard InChI is InChI=1S/C13H22N2O2S/c1-3-13(4-2,11(14)18)12(16)15-9-7-8-5-6-10(9)17-8/h8-10H,3-7H2,1-2H3,(H2,14,18)(H,15,16). The fourth-order valence-electron chi connectivity index (χ4n) is 3.13. The van der Waals surface area contributed by atoms with E-state index < -0.39 is 5.41 Å². The SMILES string of the molecule is CCC(CC)(C(=O)NC1CC2CCC1O2)C(N)=S. The maximum atomic E-state index is 12.5. The second-order valence-corrected chi connectivity index (χ2v) is 5.78. The molecule has 2 heterocycles. The molecular formula is C13H22N2O2S. The molecule has 0 spiro atoms. The number of hydrogen-bond acceptors (Lipinski definition) is 3. The van der Waals surface area contributed by atoms with Gasteiger partial charge in [0, 0.05) is 0 Å². The Morgan fingerprint density at radius 1 is 1.44 bits per heavy atom. The Morgan fingerprint density at radius 3 is 2.50 bits per heavy atom. The van der Waals surface area contributed by atoms with Crippen molar-refractivity contribution >= 4 is 23.1 Å². The molecule has 0 radical (unpaired) electrons. The van der Waals surface area contributed by atoms with Crippen molar-refractivity contribution in [3.63, 3.8) is 0 Å². The molecule has 3 unspecified atom stereocenters. The average Bonchev–Trinajstić information content (AvgIpc) is 2.92. The largest absolute Gasteiger partial charge is 0.392 e. The predicted octanol–water partition coefficient (Wildman–Crippen LogP) is 1.51. The first-order valence-corrected chi connectivity index (χ1v) is 7.20. The number of nitrogens with one attached hydrogen (secondary N) is 1. The van der Waals surface area contributed by atoms with E-state index >= 15 is 0 Å². The molecule has 0 aromatic heterocycles. The van der Waals surface area contributed by atoms with Crippen molar-refractivity contribution in [2.45, 2.75) is 64.2 Å². The zero-order chi connectivity index (χ0) is 13.3. The molecule has 3 atom stereocenters. The van der Waals surface area contributed by atoms with Crippen molar-refractivity contribution in [1.29, 1.82) is 0 Å². The number of thiocarbonyl (C=S) groups is 1. The van der Waals surface area contributed by atoms with Crippen molar-refractivity contribution in [3.05, 3.63) is 0 Å². The van der Waals surface area contributed by atoms with Gasteiger partial charge in [0.1, 0.15) is 0 Å². The van der Waals surface area contributed by atoms with Gasteiger partial charge < -0.3 is 15.8 Å². The van der Waals surface area contributed by atoms with Crippen molar-refractivity contribution < 1.29 is 9.53 Å². The molecule has 0 saturated carbocycles. The highest BCUT2D eigenvalue weighted by atomic mass is 32.1. The highest BCUT2D eigenvalue weighted by molar-refractivity contribution is 7.80. The second kappa shape index (κ2) is 5.13. The summed E-state index contributed by atoms with van der Waals surface area (Å²) in [6, 6.07) is 0.142. The fraction of sp³-hybridized carbons (Fsp3) is 0.846. The lowest BCUT2D eigenvalue weighted by molar-refractivity contribution is -0.129. The Kier molecular flexibility index (Phi) is 3.92. The number of carbonyl (C=O) groups excluding carboxylic acids is 1. The van der Waals surface area contributed by atoms with Gasteiger partial charge in [-0.25, -0.2) is 0 Å². The summed E-state index contributed by atoms with van der Waals surface area (Å²) < 4.78 is 5.75. The quantitative estimate of drug-likeness (QED) is 0.743. The van der Waals surface area contributed by atoms with E-state index in [1.54, 1.807) is 0 Å². The summed E-state index contributed by atoms with van der Waals surface area (Å²) in [7, 11) is 0. The van der Waals surface area contributed by atoms with Crippen LogP contribution >= 0.6 is 12.2 Å². The normalized spacial score (nSPS) is 30.4. The van der Waals surface area contributed by atoms with Crippen LogP contribution in [0.1, 0.15) is 46.0 Å². The van der Waals surface area contributed by atoms with E-state index in [-0.39, 0.29) is 18.1 Å². The van der Waals surface area contributed by atoms with Crippen LogP contribution in [-0.2, 0) is 9.53 Å². The summed E-state index contributed by atoms with van der Waals surface area (Å²) in [5.74, 6) is -0.0267. The first-order valence-electron chi connectivity index (χ1n) is 6.79. The smallest absolute Gasteiger partial charge is 0.233 e. The van der Waals surface area contributed by atoms with Gasteiger partial charge in [-0.05, 0) is 32.1 Å². The molecule has 4 nitrogen and oxygen atoms in total. The Bertz CT molecular complexity index is 355. The van der Waals surface area contributed by atoms with Crippen LogP contribution in [0.3, 0.4) is 0 Å². The van der Waals surface area contributed by atoms with Crippen molar-refractivity contribution in [3.8, 4) is 0 Å². The van der Waals surface area contributed by atoms with Gasteiger partial charge in [0.2, 0.25) is 5.91 Å². The van der Waals surface area contributed by atoms with Crippen molar-refractivity contribution in [2.24, 2.45) is 11.1 Å². The summed E-state index contributed by atoms with van der Waals surface area (Å²) >= 11 is 5.10. The van der Waals surface area contributed by atoms with E-state index in [0.717, 1.165) is 19.3 Å². The molecule has 2 bridgehead atoms. The van der Waals surface area contributed by atoms with Crippen LogP contribution in [0.2, 0.25) is 0 Å². The third-order valence-corrected chi connectivity index (χ3v) is 4.93. The molecule has 0 aromatic rings. The van der Waals surface area contributed by atoms with Crippen LogP contribution in [0.25, 0.3) is 0 Å². The average molecular weight is 270 g/mol. The summed E-state index contributed by atoms with van der Waals surface area (Å²) in [4.78, 5) is 12.8. The molecule has 2 aliphatic rings. The molecule has 2 rings (SSSR count). The molecule has 3 N–H and O–H groups in total. The van der Waals surface area contributed by atoms with E-state index in [2.05, 4.69) is 5.32 Å².